The molecule has 23 heavy (non-hydrogen) atoms. The predicted octanol–water partition coefficient (Wildman–Crippen LogP) is 1.03. The third-order valence-electron chi connectivity index (χ3n) is 2.68. The fourth-order valence-electron chi connectivity index (χ4n) is 1.50. The van der Waals surface area contributed by atoms with E-state index in [-0.39, 0.29) is 17.0 Å². The molecule has 1 rings (SSSR count). The first-order valence-corrected chi connectivity index (χ1v) is 6.22. The molecule has 0 heterocycles. The van der Waals surface area contributed by atoms with E-state index >= 15 is 0 Å². The summed E-state index contributed by atoms with van der Waals surface area (Å²) in [6.45, 7) is 1.22. The van der Waals surface area contributed by atoms with Gasteiger partial charge in [0.1, 0.15) is 11.3 Å². The standard InChI is InChI=1S/C13H14N2O8/c1-7(11(16)14-13(18)22-3)23-12(17)9-6-8(15(19)20)4-5-10(9)21-2/h4-7H,1-3H3,(H,14,16,18)/t7-/m1/s1. The van der Waals surface area contributed by atoms with E-state index in [1.807, 2.05) is 5.32 Å². The largest absolute Gasteiger partial charge is 0.496 e. The number of nitrogens with one attached hydrogen (secondary N) is 1. The number of esters is 1. The lowest BCUT2D eigenvalue weighted by Crippen LogP contribution is -2.39. The number of carbonyl (C=O) groups is 3. The molecule has 10 heteroatoms. The second kappa shape index (κ2) is 7.73. The highest BCUT2D eigenvalue weighted by molar-refractivity contribution is 5.98. The molecule has 10 nitrogen and oxygen atoms in total. The molecule has 1 atom stereocenters. The zero-order chi connectivity index (χ0) is 17.6. The smallest absolute Gasteiger partial charge is 0.413 e. The third-order valence-corrected chi connectivity index (χ3v) is 2.68. The number of nitro groups is 1. The number of non-ortho nitro benzene ring substituents is 1. The molecule has 0 fully saturated rings. The van der Waals surface area contributed by atoms with Gasteiger partial charge in [0.2, 0.25) is 0 Å². The second-order valence-electron chi connectivity index (χ2n) is 4.17. The number of methoxy groups -OCH3 is 2. The van der Waals surface area contributed by atoms with Crippen LogP contribution in [-0.4, -0.2) is 43.2 Å². The van der Waals surface area contributed by atoms with Crippen LogP contribution in [0.3, 0.4) is 0 Å². The van der Waals surface area contributed by atoms with Crippen LogP contribution in [0.1, 0.15) is 17.3 Å². The Morgan fingerprint density at radius 2 is 1.91 bits per heavy atom. The number of nitro benzene ring substituents is 1. The molecule has 0 saturated heterocycles. The van der Waals surface area contributed by atoms with E-state index < -0.39 is 29.0 Å². The number of ether oxygens (including phenoxy) is 3. The molecule has 1 aromatic carbocycles. The zero-order valence-corrected chi connectivity index (χ0v) is 12.5. The first kappa shape index (κ1) is 17.9. The Morgan fingerprint density at radius 3 is 2.43 bits per heavy atom. The number of imide groups is 1. The van der Waals surface area contributed by atoms with Crippen LogP contribution >= 0.6 is 0 Å². The molecule has 0 saturated carbocycles. The van der Waals surface area contributed by atoms with Gasteiger partial charge in [-0.1, -0.05) is 0 Å². The molecule has 0 aliphatic carbocycles. The van der Waals surface area contributed by atoms with Crippen LogP contribution < -0.4 is 10.1 Å². The van der Waals surface area contributed by atoms with Crippen LogP contribution in [-0.2, 0) is 14.3 Å². The third kappa shape index (κ3) is 4.66. The fourth-order valence-corrected chi connectivity index (χ4v) is 1.50. The van der Waals surface area contributed by atoms with Crippen molar-refractivity contribution in [2.24, 2.45) is 0 Å². The van der Waals surface area contributed by atoms with Crippen LogP contribution in [0, 0.1) is 10.1 Å². The van der Waals surface area contributed by atoms with Gasteiger partial charge in [-0.25, -0.2) is 9.59 Å². The monoisotopic (exact) mass is 326 g/mol. The van der Waals surface area contributed by atoms with E-state index in [1.54, 1.807) is 0 Å². The Morgan fingerprint density at radius 1 is 1.26 bits per heavy atom. The van der Waals surface area contributed by atoms with E-state index in [9.17, 15) is 24.5 Å². The maximum atomic E-state index is 12.0. The van der Waals surface area contributed by atoms with Crippen LogP contribution in [0.5, 0.6) is 5.75 Å². The molecule has 124 valence electrons. The summed E-state index contributed by atoms with van der Waals surface area (Å²) in [5.74, 6) is -1.88. The van der Waals surface area contributed by atoms with Crippen LogP contribution in [0.2, 0.25) is 0 Å². The number of benzene rings is 1. The number of carbonyl (C=O) groups excluding carboxylic acids is 3. The van der Waals surface area contributed by atoms with Gasteiger partial charge in [0.15, 0.2) is 6.10 Å². The van der Waals surface area contributed by atoms with Crippen LogP contribution in [0.25, 0.3) is 0 Å². The SMILES string of the molecule is COC(=O)NC(=O)[C@@H](C)OC(=O)c1cc([N+](=O)[O-])ccc1OC. The van der Waals surface area contributed by atoms with Crippen molar-refractivity contribution in [3.05, 3.63) is 33.9 Å². The lowest BCUT2D eigenvalue weighted by Gasteiger charge is -2.13. The van der Waals surface area contributed by atoms with E-state index in [4.69, 9.17) is 9.47 Å². The molecule has 1 aromatic rings. The van der Waals surface area contributed by atoms with Crippen molar-refractivity contribution in [2.45, 2.75) is 13.0 Å². The summed E-state index contributed by atoms with van der Waals surface area (Å²) in [6.07, 6.45) is -2.34. The van der Waals surface area contributed by atoms with Gasteiger partial charge >= 0.3 is 12.1 Å². The molecule has 0 aromatic heterocycles. The number of hydrogen-bond donors (Lipinski definition) is 1. The maximum absolute atomic E-state index is 12.0. The first-order chi connectivity index (χ1) is 10.8. The summed E-state index contributed by atoms with van der Waals surface area (Å²) >= 11 is 0. The highest BCUT2D eigenvalue weighted by atomic mass is 16.6. The average Bonchev–Trinajstić information content (AvgIpc) is 2.53. The first-order valence-electron chi connectivity index (χ1n) is 6.22. The van der Waals surface area contributed by atoms with E-state index in [1.165, 1.54) is 20.1 Å². The highest BCUT2D eigenvalue weighted by Gasteiger charge is 2.24. The van der Waals surface area contributed by atoms with Crippen molar-refractivity contribution in [3.63, 3.8) is 0 Å². The molecular weight excluding hydrogens is 312 g/mol. The minimum atomic E-state index is -1.33. The minimum Gasteiger partial charge on any atom is -0.496 e. The van der Waals surface area contributed by atoms with Crippen molar-refractivity contribution in [1.82, 2.24) is 5.32 Å². The Hall–Kier alpha value is -3.17. The van der Waals surface area contributed by atoms with Gasteiger partial charge in [-0.2, -0.15) is 0 Å². The maximum Gasteiger partial charge on any atom is 0.413 e. The van der Waals surface area contributed by atoms with Gasteiger partial charge < -0.3 is 14.2 Å². The summed E-state index contributed by atoms with van der Waals surface area (Å²) in [5, 5.41) is 12.6. The van der Waals surface area contributed by atoms with Crippen molar-refractivity contribution in [3.8, 4) is 5.75 Å². The summed E-state index contributed by atoms with van der Waals surface area (Å²) < 4.78 is 14.0. The zero-order valence-electron chi connectivity index (χ0n) is 12.5. The van der Waals surface area contributed by atoms with Gasteiger partial charge in [0, 0.05) is 12.1 Å². The number of amides is 2. The normalized spacial score (nSPS) is 11.1. The Labute approximate surface area is 130 Å². The van der Waals surface area contributed by atoms with Gasteiger partial charge in [0.25, 0.3) is 11.6 Å². The minimum absolute atomic E-state index is 0.0428. The van der Waals surface area contributed by atoms with Crippen LogP contribution in [0.4, 0.5) is 10.5 Å². The quantitative estimate of drug-likeness (QED) is 0.481. The van der Waals surface area contributed by atoms with Gasteiger partial charge in [-0.05, 0) is 13.0 Å². The molecular formula is C13H14N2O8. The Kier molecular flexibility index (Phi) is 6.01. The average molecular weight is 326 g/mol. The fraction of sp³-hybridized carbons (Fsp3) is 0.308. The highest BCUT2D eigenvalue weighted by Crippen LogP contribution is 2.25. The number of hydrogen-bond acceptors (Lipinski definition) is 8. The second-order valence-corrected chi connectivity index (χ2v) is 4.17. The summed E-state index contributed by atoms with van der Waals surface area (Å²) in [7, 11) is 2.33. The Balaban J connectivity index is 2.92. The molecule has 0 radical (unpaired) electrons. The van der Waals surface area contributed by atoms with Crippen LogP contribution in [0.15, 0.2) is 18.2 Å². The van der Waals surface area contributed by atoms with Gasteiger partial charge in [-0.15, -0.1) is 0 Å². The van der Waals surface area contributed by atoms with Crippen molar-refractivity contribution in [1.29, 1.82) is 0 Å². The van der Waals surface area contributed by atoms with E-state index in [0.717, 1.165) is 19.2 Å². The van der Waals surface area contributed by atoms with Gasteiger partial charge in [-0.3, -0.25) is 20.2 Å². The van der Waals surface area contributed by atoms with E-state index in [0.29, 0.717) is 0 Å². The van der Waals surface area contributed by atoms with E-state index in [2.05, 4.69) is 4.74 Å². The predicted molar refractivity (Wildman–Crippen MR) is 75.1 cm³/mol. The topological polar surface area (TPSA) is 134 Å². The number of rotatable bonds is 5. The van der Waals surface area contributed by atoms with Crippen molar-refractivity contribution < 1.29 is 33.5 Å². The molecule has 2 amide bonds. The number of nitrogens with zero attached hydrogens (tertiary/aromatic N) is 1. The lowest BCUT2D eigenvalue weighted by atomic mass is 10.2. The van der Waals surface area contributed by atoms with Gasteiger partial charge in [0.05, 0.1) is 19.1 Å². The van der Waals surface area contributed by atoms with Crippen molar-refractivity contribution >= 4 is 23.7 Å². The summed E-state index contributed by atoms with van der Waals surface area (Å²) in [6, 6.07) is 3.35. The lowest BCUT2D eigenvalue weighted by molar-refractivity contribution is -0.384. The molecule has 0 aliphatic rings. The molecule has 0 spiro atoms. The number of alkyl carbamates (subject to hydrolysis) is 1. The Bertz CT molecular complexity index is 643. The van der Waals surface area contributed by atoms with Crippen molar-refractivity contribution in [2.75, 3.05) is 14.2 Å². The molecule has 0 unspecified atom stereocenters. The summed E-state index contributed by atoms with van der Waals surface area (Å²) in [5.41, 5.74) is -0.566. The molecule has 0 bridgehead atoms. The molecule has 1 N–H and O–H groups in total. The molecule has 0 aliphatic heterocycles. The summed E-state index contributed by atoms with van der Waals surface area (Å²) in [4.78, 5) is 44.6.